The molecule has 4 N–H and O–H groups in total. The highest BCUT2D eigenvalue weighted by molar-refractivity contribution is 5.88. The summed E-state index contributed by atoms with van der Waals surface area (Å²) in [4.78, 5) is 13.5. The summed E-state index contributed by atoms with van der Waals surface area (Å²) in [5, 5.41) is 7.99. The largest absolute Gasteiger partial charge is 0.456 e. The van der Waals surface area contributed by atoms with Crippen LogP contribution >= 0.6 is 0 Å². The number of fused-ring (bicyclic) bond motifs is 2. The average Bonchev–Trinajstić information content (AvgIpc) is 3.39. The van der Waals surface area contributed by atoms with Crippen molar-refractivity contribution in [3.63, 3.8) is 0 Å². The van der Waals surface area contributed by atoms with Crippen molar-refractivity contribution in [3.05, 3.63) is 124 Å². The van der Waals surface area contributed by atoms with Gasteiger partial charge in [0.2, 0.25) is 5.91 Å². The first-order valence-corrected chi connectivity index (χ1v) is 14.4. The third-order valence-corrected chi connectivity index (χ3v) is 8.20. The van der Waals surface area contributed by atoms with E-state index in [2.05, 4.69) is 92.1 Å². The Morgan fingerprint density at radius 2 is 1.68 bits per heavy atom. The number of amides is 1. The van der Waals surface area contributed by atoms with Gasteiger partial charge in [-0.1, -0.05) is 72.3 Å². The Morgan fingerprint density at radius 1 is 0.951 bits per heavy atom. The smallest absolute Gasteiger partial charge is 0.237 e. The molecule has 2 heterocycles. The molecule has 0 saturated heterocycles. The summed E-state index contributed by atoms with van der Waals surface area (Å²) < 4.78 is 6.33. The first-order chi connectivity index (χ1) is 19.9. The molecule has 1 amide bonds. The fourth-order valence-electron chi connectivity index (χ4n) is 6.21. The van der Waals surface area contributed by atoms with Gasteiger partial charge in [0.25, 0.3) is 0 Å². The minimum Gasteiger partial charge on any atom is -0.456 e. The van der Waals surface area contributed by atoms with E-state index in [9.17, 15) is 4.79 Å². The second-order valence-electron chi connectivity index (χ2n) is 11.4. The third kappa shape index (κ3) is 5.63. The van der Waals surface area contributed by atoms with E-state index in [1.165, 1.54) is 27.8 Å². The van der Waals surface area contributed by atoms with E-state index >= 15 is 0 Å². The maximum Gasteiger partial charge on any atom is 0.237 e. The number of anilines is 1. The van der Waals surface area contributed by atoms with Gasteiger partial charge in [-0.15, -0.1) is 0 Å². The molecule has 1 aromatic heterocycles. The van der Waals surface area contributed by atoms with Crippen LogP contribution in [0.4, 0.5) is 5.69 Å². The molecule has 41 heavy (non-hydrogen) atoms. The number of nitrogens with two attached hydrogens (primary N) is 1. The van der Waals surface area contributed by atoms with Crippen LogP contribution in [0.25, 0.3) is 22.3 Å². The Balaban J connectivity index is 1.34. The zero-order chi connectivity index (χ0) is 28.5. The van der Waals surface area contributed by atoms with E-state index in [1.807, 2.05) is 24.3 Å². The third-order valence-electron chi connectivity index (χ3n) is 8.20. The molecule has 0 fully saturated rings. The van der Waals surface area contributed by atoms with Crippen molar-refractivity contribution in [2.24, 2.45) is 5.73 Å². The monoisotopic (exact) mass is 543 g/mol. The lowest BCUT2D eigenvalue weighted by molar-refractivity contribution is -0.123. The number of hydrogen-bond donors (Lipinski definition) is 3. The first kappa shape index (κ1) is 26.9. The summed E-state index contributed by atoms with van der Waals surface area (Å²) in [7, 11) is 0. The van der Waals surface area contributed by atoms with E-state index in [1.54, 1.807) is 0 Å². The summed E-state index contributed by atoms with van der Waals surface area (Å²) >= 11 is 0. The van der Waals surface area contributed by atoms with Gasteiger partial charge in [0, 0.05) is 17.5 Å². The normalized spacial score (nSPS) is 15.3. The number of aryl methyl sites for hydroxylation is 3. The van der Waals surface area contributed by atoms with Crippen molar-refractivity contribution in [2.45, 2.75) is 52.1 Å². The SMILES string of the molecule is Cc1cc(C)c(CC(N)C(=O)NC2CCNc3c(-c4cc5ccccc5o4)cc(Cc4ccccc4)cc32)c(C)c1. The molecule has 5 heteroatoms. The number of benzene rings is 4. The second kappa shape index (κ2) is 11.3. The van der Waals surface area contributed by atoms with Gasteiger partial charge in [-0.2, -0.15) is 0 Å². The van der Waals surface area contributed by atoms with E-state index in [-0.39, 0.29) is 11.9 Å². The summed E-state index contributed by atoms with van der Waals surface area (Å²) in [6.45, 7) is 7.03. The molecule has 5 aromatic rings. The number of para-hydroxylation sites is 1. The molecule has 6 rings (SSSR count). The summed E-state index contributed by atoms with van der Waals surface area (Å²) in [5.41, 5.74) is 17.6. The minimum absolute atomic E-state index is 0.124. The van der Waals surface area contributed by atoms with Crippen LogP contribution in [-0.4, -0.2) is 18.5 Å². The lowest BCUT2D eigenvalue weighted by Crippen LogP contribution is -2.44. The molecule has 2 unspecified atom stereocenters. The number of furan rings is 1. The minimum atomic E-state index is -0.629. The van der Waals surface area contributed by atoms with E-state index < -0.39 is 6.04 Å². The Kier molecular flexibility index (Phi) is 7.38. The Morgan fingerprint density at radius 3 is 2.44 bits per heavy atom. The number of rotatable bonds is 7. The number of carbonyl (C=O) groups excluding carboxylic acids is 1. The Labute approximate surface area is 241 Å². The van der Waals surface area contributed by atoms with Crippen molar-refractivity contribution in [2.75, 3.05) is 11.9 Å². The molecule has 208 valence electrons. The molecule has 0 spiro atoms. The molecule has 1 aliphatic rings. The maximum atomic E-state index is 13.5. The molecule has 0 aliphatic carbocycles. The lowest BCUT2D eigenvalue weighted by atomic mass is 9.89. The molecule has 1 aliphatic heterocycles. The summed E-state index contributed by atoms with van der Waals surface area (Å²) in [6, 6.07) is 28.6. The molecule has 0 bridgehead atoms. The van der Waals surface area contributed by atoms with E-state index in [4.69, 9.17) is 10.2 Å². The quantitative estimate of drug-likeness (QED) is 0.203. The highest BCUT2D eigenvalue weighted by atomic mass is 16.3. The van der Waals surface area contributed by atoms with Crippen LogP contribution in [0.3, 0.4) is 0 Å². The highest BCUT2D eigenvalue weighted by Gasteiger charge is 2.28. The van der Waals surface area contributed by atoms with Crippen LogP contribution in [0.1, 0.15) is 51.4 Å². The van der Waals surface area contributed by atoms with Crippen molar-refractivity contribution >= 4 is 22.6 Å². The van der Waals surface area contributed by atoms with Gasteiger partial charge in [-0.05, 0) is 91.6 Å². The van der Waals surface area contributed by atoms with Crippen LogP contribution in [0, 0.1) is 20.8 Å². The number of carbonyl (C=O) groups is 1. The average molecular weight is 544 g/mol. The van der Waals surface area contributed by atoms with Gasteiger partial charge in [0.05, 0.1) is 17.8 Å². The standard InChI is InChI=1S/C36H37N3O2/c1-22-15-23(2)28(24(3)16-22)21-31(37)36(40)39-32-13-14-38-35-29(32)18-26(17-25-9-5-4-6-10-25)19-30(35)34-20-27-11-7-8-12-33(27)41-34/h4-12,15-16,18-20,31-32,38H,13-14,17,21,37H2,1-3H3,(H,39,40). The predicted octanol–water partition coefficient (Wildman–Crippen LogP) is 7.16. The fourth-order valence-corrected chi connectivity index (χ4v) is 6.21. The molecular formula is C36H37N3O2. The van der Waals surface area contributed by atoms with Crippen LogP contribution in [-0.2, 0) is 17.6 Å². The maximum absolute atomic E-state index is 13.5. The molecule has 4 aromatic carbocycles. The number of hydrogen-bond acceptors (Lipinski definition) is 4. The van der Waals surface area contributed by atoms with Crippen LogP contribution in [0.2, 0.25) is 0 Å². The van der Waals surface area contributed by atoms with Crippen LogP contribution < -0.4 is 16.4 Å². The topological polar surface area (TPSA) is 80.3 Å². The molecule has 2 atom stereocenters. The van der Waals surface area contributed by atoms with E-state index in [0.29, 0.717) is 6.42 Å². The van der Waals surface area contributed by atoms with Gasteiger partial charge >= 0.3 is 0 Å². The molecular weight excluding hydrogens is 506 g/mol. The fraction of sp³-hybridized carbons (Fsp3) is 0.250. The van der Waals surface area contributed by atoms with Crippen molar-refractivity contribution in [1.82, 2.24) is 5.32 Å². The Hall–Kier alpha value is -4.35. The molecule has 5 nitrogen and oxygen atoms in total. The van der Waals surface area contributed by atoms with Crippen LogP contribution in [0.15, 0.2) is 89.3 Å². The molecule has 0 radical (unpaired) electrons. The van der Waals surface area contributed by atoms with Crippen molar-refractivity contribution in [1.29, 1.82) is 0 Å². The lowest BCUT2D eigenvalue weighted by Gasteiger charge is -2.30. The first-order valence-electron chi connectivity index (χ1n) is 14.4. The van der Waals surface area contributed by atoms with Gasteiger partial charge in [-0.25, -0.2) is 0 Å². The van der Waals surface area contributed by atoms with Crippen LogP contribution in [0.5, 0.6) is 0 Å². The highest BCUT2D eigenvalue weighted by Crippen LogP contribution is 2.41. The van der Waals surface area contributed by atoms with Crippen molar-refractivity contribution in [3.8, 4) is 11.3 Å². The van der Waals surface area contributed by atoms with Gasteiger partial charge in [-0.3, -0.25) is 4.79 Å². The van der Waals surface area contributed by atoms with Gasteiger partial charge in [0.15, 0.2) is 0 Å². The van der Waals surface area contributed by atoms with Crippen molar-refractivity contribution < 1.29 is 9.21 Å². The number of nitrogens with one attached hydrogen (secondary N) is 2. The van der Waals surface area contributed by atoms with Gasteiger partial charge in [0.1, 0.15) is 11.3 Å². The molecule has 0 saturated carbocycles. The van der Waals surface area contributed by atoms with Gasteiger partial charge < -0.3 is 20.8 Å². The zero-order valence-corrected chi connectivity index (χ0v) is 24.0. The van der Waals surface area contributed by atoms with E-state index in [0.717, 1.165) is 58.5 Å². The Bertz CT molecular complexity index is 1660. The second-order valence-corrected chi connectivity index (χ2v) is 11.4. The summed E-state index contributed by atoms with van der Waals surface area (Å²) in [6.07, 6.45) is 2.08. The zero-order valence-electron chi connectivity index (χ0n) is 24.0. The summed E-state index contributed by atoms with van der Waals surface area (Å²) in [5.74, 6) is 0.694. The predicted molar refractivity (Wildman–Crippen MR) is 167 cm³/mol.